The molecule has 1 aromatic carbocycles. The number of hydrogen-bond donors (Lipinski definition) is 2. The number of amides is 1. The second-order valence-electron chi connectivity index (χ2n) is 4.18. The molecule has 1 amide bonds. The van der Waals surface area contributed by atoms with E-state index in [2.05, 4.69) is 10.3 Å². The van der Waals surface area contributed by atoms with Crippen molar-refractivity contribution in [2.24, 2.45) is 5.73 Å². The van der Waals surface area contributed by atoms with E-state index in [0.29, 0.717) is 18.8 Å². The fraction of sp³-hybridized carbons (Fsp3) is 0.286. The molecule has 0 unspecified atom stereocenters. The predicted molar refractivity (Wildman–Crippen MR) is 80.0 cm³/mol. The minimum absolute atomic E-state index is 0.217. The summed E-state index contributed by atoms with van der Waals surface area (Å²) in [7, 11) is 1.66. The molecule has 106 valence electrons. The van der Waals surface area contributed by atoms with Gasteiger partial charge >= 0.3 is 0 Å². The van der Waals surface area contributed by atoms with Gasteiger partial charge in [-0.2, -0.15) is 0 Å². The lowest BCUT2D eigenvalue weighted by Crippen LogP contribution is -2.14. The molecule has 6 heteroatoms. The van der Waals surface area contributed by atoms with E-state index in [-0.39, 0.29) is 5.91 Å². The first-order valence-corrected chi connectivity index (χ1v) is 7.15. The highest BCUT2D eigenvalue weighted by Crippen LogP contribution is 2.17. The minimum atomic E-state index is -0.217. The molecule has 5 nitrogen and oxygen atoms in total. The number of nitrogens with zero attached hydrogens (tertiary/aromatic N) is 1. The summed E-state index contributed by atoms with van der Waals surface area (Å²) >= 11 is 1.39. The Morgan fingerprint density at radius 3 is 2.95 bits per heavy atom. The smallest absolute Gasteiger partial charge is 0.275 e. The summed E-state index contributed by atoms with van der Waals surface area (Å²) < 4.78 is 5.07. The van der Waals surface area contributed by atoms with Crippen molar-refractivity contribution in [2.45, 2.75) is 13.0 Å². The molecule has 2 aromatic rings. The second kappa shape index (κ2) is 7.14. The topological polar surface area (TPSA) is 77.2 Å². The highest BCUT2D eigenvalue weighted by atomic mass is 32.1. The first kappa shape index (κ1) is 14.6. The third-order valence-electron chi connectivity index (χ3n) is 2.80. The van der Waals surface area contributed by atoms with E-state index in [9.17, 15) is 4.79 Å². The zero-order valence-corrected chi connectivity index (χ0v) is 12.1. The average Bonchev–Trinajstić information content (AvgIpc) is 2.95. The second-order valence-corrected chi connectivity index (χ2v) is 5.13. The van der Waals surface area contributed by atoms with Crippen LogP contribution in [0.3, 0.4) is 0 Å². The fourth-order valence-electron chi connectivity index (χ4n) is 1.77. The zero-order valence-electron chi connectivity index (χ0n) is 11.3. The lowest BCUT2D eigenvalue weighted by atomic mass is 10.1. The Hall–Kier alpha value is -1.76. The molecule has 20 heavy (non-hydrogen) atoms. The van der Waals surface area contributed by atoms with E-state index in [1.807, 2.05) is 24.3 Å². The van der Waals surface area contributed by atoms with Crippen LogP contribution in [-0.4, -0.2) is 24.6 Å². The van der Waals surface area contributed by atoms with Crippen LogP contribution in [-0.2, 0) is 17.7 Å². The molecule has 0 aliphatic rings. The lowest BCUT2D eigenvalue weighted by Gasteiger charge is -2.09. The number of nitrogens with two attached hydrogens (primary N) is 1. The molecule has 3 N–H and O–H groups in total. The van der Waals surface area contributed by atoms with E-state index in [4.69, 9.17) is 10.5 Å². The van der Waals surface area contributed by atoms with Gasteiger partial charge in [-0.15, -0.1) is 11.3 Å². The number of nitrogens with one attached hydrogen (secondary N) is 1. The van der Waals surface area contributed by atoms with Crippen LogP contribution < -0.4 is 11.1 Å². The van der Waals surface area contributed by atoms with Gasteiger partial charge < -0.3 is 15.8 Å². The van der Waals surface area contributed by atoms with Crippen molar-refractivity contribution in [1.29, 1.82) is 0 Å². The van der Waals surface area contributed by atoms with E-state index in [1.165, 1.54) is 11.3 Å². The van der Waals surface area contributed by atoms with E-state index < -0.39 is 0 Å². The van der Waals surface area contributed by atoms with Crippen LogP contribution in [0, 0.1) is 0 Å². The predicted octanol–water partition coefficient (Wildman–Crippen LogP) is 2.04. The van der Waals surface area contributed by atoms with Crippen LogP contribution in [0.15, 0.2) is 29.6 Å². The molecule has 0 bridgehead atoms. The van der Waals surface area contributed by atoms with Crippen LogP contribution in [0.2, 0.25) is 0 Å². The van der Waals surface area contributed by atoms with Crippen molar-refractivity contribution >= 4 is 22.9 Å². The number of thiazole rings is 1. The highest BCUT2D eigenvalue weighted by molar-refractivity contribution is 7.09. The Morgan fingerprint density at radius 2 is 2.25 bits per heavy atom. The molecular weight excluding hydrogens is 274 g/mol. The summed E-state index contributed by atoms with van der Waals surface area (Å²) in [5.74, 6) is -0.217. The standard InChI is InChI=1S/C14H17N3O2S/c1-19-7-6-10-4-2-3-5-11(10)17-14(18)12-9-20-13(8-15)16-12/h2-5,9H,6-8,15H2,1H3,(H,17,18). The first-order valence-electron chi connectivity index (χ1n) is 6.27. The molecule has 0 aliphatic carbocycles. The summed E-state index contributed by atoms with van der Waals surface area (Å²) in [6.07, 6.45) is 0.748. The molecule has 0 saturated carbocycles. The van der Waals surface area contributed by atoms with E-state index >= 15 is 0 Å². The van der Waals surface area contributed by atoms with Crippen LogP contribution in [0.5, 0.6) is 0 Å². The summed E-state index contributed by atoms with van der Waals surface area (Å²) in [5, 5.41) is 5.35. The van der Waals surface area contributed by atoms with Crippen molar-refractivity contribution in [2.75, 3.05) is 19.0 Å². The van der Waals surface area contributed by atoms with E-state index in [1.54, 1.807) is 12.5 Å². The minimum Gasteiger partial charge on any atom is -0.384 e. The highest BCUT2D eigenvalue weighted by Gasteiger charge is 2.12. The summed E-state index contributed by atoms with van der Waals surface area (Å²) in [5.41, 5.74) is 7.72. The van der Waals surface area contributed by atoms with Crippen molar-refractivity contribution in [3.8, 4) is 0 Å². The van der Waals surface area contributed by atoms with Crippen LogP contribution >= 0.6 is 11.3 Å². The number of hydrogen-bond acceptors (Lipinski definition) is 5. The zero-order chi connectivity index (χ0) is 14.4. The number of ether oxygens (including phenoxy) is 1. The maximum atomic E-state index is 12.1. The van der Waals surface area contributed by atoms with Gasteiger partial charge in [-0.05, 0) is 18.1 Å². The van der Waals surface area contributed by atoms with Gasteiger partial charge in [0.1, 0.15) is 10.7 Å². The molecule has 0 aliphatic heterocycles. The van der Waals surface area contributed by atoms with Gasteiger partial charge in [-0.25, -0.2) is 4.98 Å². The Kier molecular flexibility index (Phi) is 5.23. The van der Waals surface area contributed by atoms with Gasteiger partial charge in [0.15, 0.2) is 0 Å². The molecule has 0 atom stereocenters. The summed E-state index contributed by atoms with van der Waals surface area (Å²) in [4.78, 5) is 16.3. The number of carbonyl (C=O) groups excluding carboxylic acids is 1. The molecule has 0 radical (unpaired) electrons. The SMILES string of the molecule is COCCc1ccccc1NC(=O)c1csc(CN)n1. The number of carbonyl (C=O) groups is 1. The number of anilines is 1. The number of rotatable bonds is 6. The molecule has 1 aromatic heterocycles. The van der Waals surface area contributed by atoms with Crippen molar-refractivity contribution < 1.29 is 9.53 Å². The van der Waals surface area contributed by atoms with Crippen LogP contribution in [0.1, 0.15) is 21.1 Å². The number of aromatic nitrogens is 1. The third kappa shape index (κ3) is 3.63. The molecule has 0 fully saturated rings. The maximum Gasteiger partial charge on any atom is 0.275 e. The number of para-hydroxylation sites is 1. The molecule has 0 saturated heterocycles. The fourth-order valence-corrected chi connectivity index (χ4v) is 2.42. The first-order chi connectivity index (χ1) is 9.74. The molecule has 1 heterocycles. The summed E-state index contributed by atoms with van der Waals surface area (Å²) in [6, 6.07) is 7.67. The van der Waals surface area contributed by atoms with Gasteiger partial charge in [0, 0.05) is 24.7 Å². The maximum absolute atomic E-state index is 12.1. The largest absolute Gasteiger partial charge is 0.384 e. The Balaban J connectivity index is 2.10. The average molecular weight is 291 g/mol. The van der Waals surface area contributed by atoms with Gasteiger partial charge in [0.25, 0.3) is 5.91 Å². The normalized spacial score (nSPS) is 10.5. The molecule has 2 rings (SSSR count). The summed E-state index contributed by atoms with van der Waals surface area (Å²) in [6.45, 7) is 0.962. The number of benzene rings is 1. The van der Waals surface area contributed by atoms with Gasteiger partial charge in [0.2, 0.25) is 0 Å². The quantitative estimate of drug-likeness (QED) is 0.854. The van der Waals surface area contributed by atoms with Gasteiger partial charge in [0.05, 0.1) is 6.61 Å². The van der Waals surface area contributed by atoms with Crippen LogP contribution in [0.4, 0.5) is 5.69 Å². The third-order valence-corrected chi connectivity index (χ3v) is 3.67. The Labute approximate surface area is 121 Å². The molecule has 0 spiro atoms. The monoisotopic (exact) mass is 291 g/mol. The van der Waals surface area contributed by atoms with Gasteiger partial charge in [-0.1, -0.05) is 18.2 Å². The lowest BCUT2D eigenvalue weighted by molar-refractivity contribution is 0.102. The molecular formula is C14H17N3O2S. The Bertz CT molecular complexity index is 583. The van der Waals surface area contributed by atoms with Crippen LogP contribution in [0.25, 0.3) is 0 Å². The van der Waals surface area contributed by atoms with Crippen molar-refractivity contribution in [1.82, 2.24) is 4.98 Å². The number of methoxy groups -OCH3 is 1. The van der Waals surface area contributed by atoms with Gasteiger partial charge in [-0.3, -0.25) is 4.79 Å². The van der Waals surface area contributed by atoms with E-state index in [0.717, 1.165) is 22.7 Å². The Morgan fingerprint density at radius 1 is 1.45 bits per heavy atom. The van der Waals surface area contributed by atoms with Crippen molar-refractivity contribution in [3.05, 3.63) is 45.9 Å². The van der Waals surface area contributed by atoms with Crippen molar-refractivity contribution in [3.63, 3.8) is 0 Å².